The molecule has 2 N–H and O–H groups in total. The molecule has 0 radical (unpaired) electrons. The molecule has 0 bridgehead atoms. The number of nitrogens with one attached hydrogen (secondary N) is 1. The molecule has 1 aromatic heterocycles. The van der Waals surface area contributed by atoms with Crippen LogP contribution >= 0.6 is 11.3 Å². The van der Waals surface area contributed by atoms with E-state index < -0.39 is 16.0 Å². The van der Waals surface area contributed by atoms with Crippen molar-refractivity contribution < 1.29 is 23.2 Å². The maximum Gasteiger partial charge on any atom is 0.346 e. The van der Waals surface area contributed by atoms with Crippen LogP contribution in [0.1, 0.15) is 20.8 Å². The zero-order chi connectivity index (χ0) is 15.5. The van der Waals surface area contributed by atoms with Crippen molar-refractivity contribution in [3.05, 3.63) is 52.4 Å². The molecule has 1 aromatic carbocycles. The Balaban J connectivity index is 2.05. The SMILES string of the molecule is Cc1cc(S(=O)(=O)NOCc2ccccc2)sc1C(=O)O. The Morgan fingerprint density at radius 1 is 1.33 bits per heavy atom. The Morgan fingerprint density at radius 3 is 2.57 bits per heavy atom. The van der Waals surface area contributed by atoms with Crippen LogP contribution in [-0.2, 0) is 21.5 Å². The number of carboxylic acids is 1. The van der Waals surface area contributed by atoms with Gasteiger partial charge in [0.05, 0.1) is 6.61 Å². The standard InChI is InChI=1S/C13H13NO5S2/c1-9-7-11(20-12(9)13(15)16)21(17,18)14-19-8-10-5-3-2-4-6-10/h2-7,14H,8H2,1H3,(H,15,16). The molecule has 0 saturated carbocycles. The van der Waals surface area contributed by atoms with E-state index in [4.69, 9.17) is 9.94 Å². The first-order valence-electron chi connectivity index (χ1n) is 5.91. The number of benzene rings is 1. The maximum atomic E-state index is 12.0. The molecule has 0 amide bonds. The minimum atomic E-state index is -3.88. The third kappa shape index (κ3) is 3.88. The number of aryl methyl sites for hydroxylation is 1. The van der Waals surface area contributed by atoms with Crippen LogP contribution in [0.2, 0.25) is 0 Å². The zero-order valence-electron chi connectivity index (χ0n) is 11.1. The quantitative estimate of drug-likeness (QED) is 0.793. The highest BCUT2D eigenvalue weighted by Gasteiger charge is 2.21. The van der Waals surface area contributed by atoms with Crippen LogP contribution in [0.15, 0.2) is 40.6 Å². The van der Waals surface area contributed by atoms with E-state index in [1.54, 1.807) is 19.1 Å². The summed E-state index contributed by atoms with van der Waals surface area (Å²) in [6.07, 6.45) is 0. The summed E-state index contributed by atoms with van der Waals surface area (Å²) in [6.45, 7) is 1.63. The molecule has 8 heteroatoms. The molecule has 0 spiro atoms. The molecule has 0 unspecified atom stereocenters. The van der Waals surface area contributed by atoms with Crippen molar-refractivity contribution in [2.24, 2.45) is 0 Å². The monoisotopic (exact) mass is 327 g/mol. The van der Waals surface area contributed by atoms with E-state index in [9.17, 15) is 13.2 Å². The fraction of sp³-hybridized carbons (Fsp3) is 0.154. The molecule has 0 atom stereocenters. The van der Waals surface area contributed by atoms with Crippen LogP contribution < -0.4 is 4.89 Å². The van der Waals surface area contributed by atoms with Crippen LogP contribution in [0.4, 0.5) is 0 Å². The Bertz CT molecular complexity index is 737. The summed E-state index contributed by atoms with van der Waals surface area (Å²) in [4.78, 5) is 17.9. The number of carbonyl (C=O) groups is 1. The molecule has 21 heavy (non-hydrogen) atoms. The average Bonchev–Trinajstić information content (AvgIpc) is 2.83. The van der Waals surface area contributed by atoms with Gasteiger partial charge in [-0.15, -0.1) is 11.3 Å². The van der Waals surface area contributed by atoms with Gasteiger partial charge in [-0.05, 0) is 24.1 Å². The van der Waals surface area contributed by atoms with Crippen molar-refractivity contribution in [3.63, 3.8) is 0 Å². The van der Waals surface area contributed by atoms with Crippen molar-refractivity contribution in [1.29, 1.82) is 0 Å². The van der Waals surface area contributed by atoms with Crippen LogP contribution in [0.5, 0.6) is 0 Å². The number of aromatic carboxylic acids is 1. The van der Waals surface area contributed by atoms with Gasteiger partial charge in [0.25, 0.3) is 10.0 Å². The third-order valence-electron chi connectivity index (χ3n) is 2.60. The smallest absolute Gasteiger partial charge is 0.346 e. The number of carboxylic acid groups (broad SMARTS) is 1. The highest BCUT2D eigenvalue weighted by atomic mass is 32.2. The van der Waals surface area contributed by atoms with Crippen molar-refractivity contribution >= 4 is 27.3 Å². The minimum absolute atomic E-state index is 0.00145. The van der Waals surface area contributed by atoms with Gasteiger partial charge in [-0.2, -0.15) is 0 Å². The zero-order valence-corrected chi connectivity index (χ0v) is 12.7. The lowest BCUT2D eigenvalue weighted by atomic mass is 10.2. The molecule has 0 aliphatic carbocycles. The Hall–Kier alpha value is -1.74. The van der Waals surface area contributed by atoms with Gasteiger partial charge >= 0.3 is 5.97 Å². The number of rotatable bonds is 6. The highest BCUT2D eigenvalue weighted by Crippen LogP contribution is 2.25. The summed E-state index contributed by atoms with van der Waals surface area (Å²) < 4.78 is 23.9. The van der Waals surface area contributed by atoms with E-state index in [2.05, 4.69) is 0 Å². The van der Waals surface area contributed by atoms with Crippen molar-refractivity contribution in [3.8, 4) is 0 Å². The minimum Gasteiger partial charge on any atom is -0.477 e. The molecule has 0 aliphatic heterocycles. The normalized spacial score (nSPS) is 11.5. The molecular weight excluding hydrogens is 314 g/mol. The fourth-order valence-corrected chi connectivity index (χ4v) is 3.77. The van der Waals surface area contributed by atoms with Crippen LogP contribution in [0, 0.1) is 6.92 Å². The van der Waals surface area contributed by atoms with Gasteiger partial charge in [-0.25, -0.2) is 13.2 Å². The average molecular weight is 327 g/mol. The second-order valence-corrected chi connectivity index (χ2v) is 7.17. The second kappa shape index (κ2) is 6.35. The lowest BCUT2D eigenvalue weighted by Crippen LogP contribution is -2.23. The lowest BCUT2D eigenvalue weighted by molar-refractivity contribution is 0.0701. The second-order valence-electron chi connectivity index (χ2n) is 4.24. The maximum absolute atomic E-state index is 12.0. The number of thiophene rings is 1. The summed E-state index contributed by atoms with van der Waals surface area (Å²) in [5, 5.41) is 8.93. The summed E-state index contributed by atoms with van der Waals surface area (Å²) in [7, 11) is -3.88. The van der Waals surface area contributed by atoms with Crippen LogP contribution in [0.25, 0.3) is 0 Å². The lowest BCUT2D eigenvalue weighted by Gasteiger charge is -2.05. The van der Waals surface area contributed by atoms with Gasteiger partial charge < -0.3 is 5.11 Å². The summed E-state index contributed by atoms with van der Waals surface area (Å²) in [5.41, 5.74) is 1.21. The van der Waals surface area contributed by atoms with Crippen molar-refractivity contribution in [2.75, 3.05) is 0 Å². The number of hydrogen-bond donors (Lipinski definition) is 2. The Labute approximate surface area is 126 Å². The van der Waals surface area contributed by atoms with Crippen LogP contribution in [0.3, 0.4) is 0 Å². The molecule has 2 aromatic rings. The fourth-order valence-electron chi connectivity index (χ4n) is 1.60. The van der Waals surface area contributed by atoms with E-state index >= 15 is 0 Å². The summed E-state index contributed by atoms with van der Waals surface area (Å²) in [5.74, 6) is -1.15. The first kappa shape index (κ1) is 15.6. The van der Waals surface area contributed by atoms with Gasteiger partial charge in [0.2, 0.25) is 0 Å². The van der Waals surface area contributed by atoms with Gasteiger partial charge in [0, 0.05) is 0 Å². The predicted molar refractivity (Wildman–Crippen MR) is 77.6 cm³/mol. The topological polar surface area (TPSA) is 92.7 Å². The molecule has 6 nitrogen and oxygen atoms in total. The number of sulfonamides is 1. The highest BCUT2D eigenvalue weighted by molar-refractivity contribution is 7.91. The van der Waals surface area contributed by atoms with E-state index in [0.29, 0.717) is 16.9 Å². The van der Waals surface area contributed by atoms with Crippen molar-refractivity contribution in [1.82, 2.24) is 4.89 Å². The molecule has 0 fully saturated rings. The van der Waals surface area contributed by atoms with Crippen molar-refractivity contribution in [2.45, 2.75) is 17.7 Å². The molecule has 0 saturated heterocycles. The van der Waals surface area contributed by atoms with E-state index in [1.807, 2.05) is 23.1 Å². The van der Waals surface area contributed by atoms with Gasteiger partial charge in [0.1, 0.15) is 9.09 Å². The summed E-state index contributed by atoms with van der Waals surface area (Å²) in [6, 6.07) is 10.4. The molecule has 112 valence electrons. The first-order valence-corrected chi connectivity index (χ1v) is 8.21. The number of hydrogen-bond acceptors (Lipinski definition) is 5. The molecule has 1 heterocycles. The third-order valence-corrected chi connectivity index (χ3v) is 5.52. The molecule has 0 aliphatic rings. The summed E-state index contributed by atoms with van der Waals surface area (Å²) >= 11 is 0.691. The van der Waals surface area contributed by atoms with E-state index in [-0.39, 0.29) is 15.7 Å². The van der Waals surface area contributed by atoms with E-state index in [0.717, 1.165) is 5.56 Å². The molecule has 2 rings (SSSR count). The largest absolute Gasteiger partial charge is 0.477 e. The molecular formula is C13H13NO5S2. The first-order chi connectivity index (χ1) is 9.90. The van der Waals surface area contributed by atoms with Gasteiger partial charge in [-0.1, -0.05) is 35.2 Å². The van der Waals surface area contributed by atoms with Gasteiger partial charge in [-0.3, -0.25) is 4.84 Å². The predicted octanol–water partition coefficient (Wildman–Crippen LogP) is 2.16. The van der Waals surface area contributed by atoms with E-state index in [1.165, 1.54) is 6.07 Å². The Morgan fingerprint density at radius 2 is 2.00 bits per heavy atom. The Kier molecular flexibility index (Phi) is 4.73. The van der Waals surface area contributed by atoms with Gasteiger partial charge in [0.15, 0.2) is 0 Å². The van der Waals surface area contributed by atoms with Crippen LogP contribution in [-0.4, -0.2) is 19.5 Å².